The van der Waals surface area contributed by atoms with Gasteiger partial charge in [-0.25, -0.2) is 0 Å². The fourth-order valence-electron chi connectivity index (χ4n) is 4.72. The molecule has 0 amide bonds. The van der Waals surface area contributed by atoms with E-state index in [4.69, 9.17) is 14.5 Å². The van der Waals surface area contributed by atoms with Crippen LogP contribution in [0.15, 0.2) is 77.2 Å². The van der Waals surface area contributed by atoms with E-state index in [9.17, 15) is 26.3 Å². The van der Waals surface area contributed by atoms with Crippen LogP contribution in [0.25, 0.3) is 22.1 Å². The Morgan fingerprint density at radius 3 is 2.12 bits per heavy atom. The van der Waals surface area contributed by atoms with Gasteiger partial charge in [0.1, 0.15) is 22.8 Å². The van der Waals surface area contributed by atoms with Crippen molar-refractivity contribution in [1.82, 2.24) is 4.90 Å². The normalized spacial score (nSPS) is 15.8. The van der Waals surface area contributed by atoms with E-state index < -0.39 is 25.6 Å². The van der Waals surface area contributed by atoms with Crippen molar-refractivity contribution in [1.29, 1.82) is 0 Å². The van der Waals surface area contributed by atoms with Crippen LogP contribution in [0.2, 0.25) is 0 Å². The molecule has 2 N–H and O–H groups in total. The summed E-state index contributed by atoms with van der Waals surface area (Å²) in [6.45, 7) is 4.38. The molecular weight excluding hydrogens is 567 g/mol. The molecule has 0 bridgehead atoms. The van der Waals surface area contributed by atoms with Gasteiger partial charge in [0.25, 0.3) is 0 Å². The predicted octanol–water partition coefficient (Wildman–Crippen LogP) is 6.29. The standard InChI is InChI=1S/C22H22F3NO2.C7H6BF3O3/c1-15-4-3-10-26(15)11-9-19-14-18-12-17(7-8-21(18)27-19)16-5-2-6-20(13-16)28-22(23,24)25;9-7(10,11)14-6-3-1-2-5(4-6)8(12)13/h2,5-8,12-15H,3-4,9-11H2,1H3;1-4,12-13H/t15-;/m1./s1. The van der Waals surface area contributed by atoms with Gasteiger partial charge in [0.2, 0.25) is 0 Å². The number of ether oxygens (including phenoxy) is 2. The zero-order chi connectivity index (χ0) is 30.5. The second kappa shape index (κ2) is 13.1. The van der Waals surface area contributed by atoms with Gasteiger partial charge in [0.05, 0.1) is 0 Å². The first kappa shape index (κ1) is 31.3. The molecule has 2 heterocycles. The summed E-state index contributed by atoms with van der Waals surface area (Å²) < 4.78 is 86.1. The number of hydrogen-bond acceptors (Lipinski definition) is 6. The monoisotopic (exact) mass is 595 g/mol. The van der Waals surface area contributed by atoms with Crippen LogP contribution in [0.1, 0.15) is 25.5 Å². The second-order valence-corrected chi connectivity index (χ2v) is 9.81. The molecule has 1 saturated heterocycles. The lowest BCUT2D eigenvalue weighted by Crippen LogP contribution is -2.30. The van der Waals surface area contributed by atoms with E-state index in [2.05, 4.69) is 21.3 Å². The summed E-state index contributed by atoms with van der Waals surface area (Å²) in [5.41, 5.74) is 2.21. The third-order valence-corrected chi connectivity index (χ3v) is 6.69. The highest BCUT2D eigenvalue weighted by molar-refractivity contribution is 6.58. The van der Waals surface area contributed by atoms with Crippen molar-refractivity contribution in [3.05, 3.63) is 78.6 Å². The van der Waals surface area contributed by atoms with Gasteiger partial charge >= 0.3 is 19.8 Å². The van der Waals surface area contributed by atoms with E-state index in [0.29, 0.717) is 11.6 Å². The maximum absolute atomic E-state index is 12.5. The van der Waals surface area contributed by atoms with E-state index in [1.165, 1.54) is 37.1 Å². The highest BCUT2D eigenvalue weighted by Crippen LogP contribution is 2.31. The summed E-state index contributed by atoms with van der Waals surface area (Å²) in [7, 11) is -1.81. The lowest BCUT2D eigenvalue weighted by molar-refractivity contribution is -0.275. The number of rotatable bonds is 7. The summed E-state index contributed by atoms with van der Waals surface area (Å²) in [5.74, 6) is 0.223. The van der Waals surface area contributed by atoms with Gasteiger partial charge in [-0.15, -0.1) is 26.3 Å². The number of fused-ring (bicyclic) bond motifs is 1. The summed E-state index contributed by atoms with van der Waals surface area (Å²) >= 11 is 0. The molecule has 0 spiro atoms. The van der Waals surface area contributed by atoms with Gasteiger partial charge in [-0.2, -0.15) is 0 Å². The summed E-state index contributed by atoms with van der Waals surface area (Å²) in [5, 5.41) is 18.3. The molecule has 0 radical (unpaired) electrons. The number of halogens is 6. The maximum atomic E-state index is 12.5. The van der Waals surface area contributed by atoms with Crippen molar-refractivity contribution in [3.63, 3.8) is 0 Å². The molecule has 4 aromatic rings. The average molecular weight is 595 g/mol. The largest absolute Gasteiger partial charge is 0.573 e. The SMILES string of the molecule is C[C@@H]1CCCN1CCc1cc2cc(-c3cccc(OC(F)(F)F)c3)ccc2o1.OB(O)c1cccc(OC(F)(F)F)c1. The van der Waals surface area contributed by atoms with Crippen molar-refractivity contribution in [3.8, 4) is 22.6 Å². The smallest absolute Gasteiger partial charge is 0.461 e. The number of alkyl halides is 6. The number of likely N-dealkylation sites (tertiary alicyclic amines) is 1. The molecule has 0 saturated carbocycles. The Kier molecular flexibility index (Phi) is 9.75. The van der Waals surface area contributed by atoms with E-state index in [1.807, 2.05) is 24.3 Å². The minimum atomic E-state index is -4.78. The first-order valence-electron chi connectivity index (χ1n) is 13.1. The molecule has 1 aliphatic rings. The van der Waals surface area contributed by atoms with Crippen molar-refractivity contribution < 1.29 is 50.3 Å². The molecule has 5 rings (SSSR count). The summed E-state index contributed by atoms with van der Waals surface area (Å²) in [6, 6.07) is 18.8. The first-order valence-corrected chi connectivity index (χ1v) is 13.1. The summed E-state index contributed by atoms with van der Waals surface area (Å²) in [4.78, 5) is 2.48. The Labute approximate surface area is 238 Å². The van der Waals surface area contributed by atoms with Crippen molar-refractivity contribution in [2.45, 2.75) is 45.0 Å². The topological polar surface area (TPSA) is 75.3 Å². The number of nitrogens with zero attached hydrogens (tertiary/aromatic N) is 1. The van der Waals surface area contributed by atoms with Crippen LogP contribution < -0.4 is 14.9 Å². The molecule has 13 heteroatoms. The highest BCUT2D eigenvalue weighted by Gasteiger charge is 2.32. The van der Waals surface area contributed by atoms with Gasteiger partial charge in [-0.3, -0.25) is 0 Å². The maximum Gasteiger partial charge on any atom is 0.573 e. The first-order chi connectivity index (χ1) is 19.8. The van der Waals surface area contributed by atoms with E-state index >= 15 is 0 Å². The van der Waals surface area contributed by atoms with Gasteiger partial charge in [-0.1, -0.05) is 30.3 Å². The third-order valence-electron chi connectivity index (χ3n) is 6.69. The molecule has 1 fully saturated rings. The molecule has 224 valence electrons. The Hall–Kier alpha value is -3.68. The summed E-state index contributed by atoms with van der Waals surface area (Å²) in [6.07, 6.45) is -6.13. The molecular formula is C29H28BF6NO5. The van der Waals surface area contributed by atoms with E-state index in [1.54, 1.807) is 12.1 Å². The van der Waals surface area contributed by atoms with Crippen molar-refractivity contribution in [2.24, 2.45) is 0 Å². The van der Waals surface area contributed by atoms with E-state index in [0.717, 1.165) is 53.9 Å². The molecule has 42 heavy (non-hydrogen) atoms. The Bertz CT molecular complexity index is 1470. The van der Waals surface area contributed by atoms with E-state index in [-0.39, 0.29) is 11.2 Å². The van der Waals surface area contributed by atoms with Crippen LogP contribution in [0.5, 0.6) is 11.5 Å². The second-order valence-electron chi connectivity index (χ2n) is 9.81. The Morgan fingerprint density at radius 2 is 1.50 bits per heavy atom. The number of benzene rings is 3. The third kappa shape index (κ3) is 9.17. The molecule has 0 aliphatic carbocycles. The quantitative estimate of drug-likeness (QED) is 0.193. The van der Waals surface area contributed by atoms with Crippen LogP contribution >= 0.6 is 0 Å². The van der Waals surface area contributed by atoms with Gasteiger partial charge in [-0.05, 0) is 85.4 Å². The van der Waals surface area contributed by atoms with Gasteiger partial charge < -0.3 is 28.8 Å². The highest BCUT2D eigenvalue weighted by atomic mass is 19.4. The van der Waals surface area contributed by atoms with Gasteiger partial charge in [0, 0.05) is 24.4 Å². The van der Waals surface area contributed by atoms with Crippen molar-refractivity contribution in [2.75, 3.05) is 13.1 Å². The number of hydrogen-bond donors (Lipinski definition) is 2. The zero-order valence-corrected chi connectivity index (χ0v) is 22.5. The molecule has 3 aromatic carbocycles. The van der Waals surface area contributed by atoms with Crippen LogP contribution in [0.3, 0.4) is 0 Å². The molecule has 1 aliphatic heterocycles. The zero-order valence-electron chi connectivity index (χ0n) is 22.5. The van der Waals surface area contributed by atoms with Crippen LogP contribution in [0.4, 0.5) is 26.3 Å². The van der Waals surface area contributed by atoms with Crippen molar-refractivity contribution >= 4 is 23.6 Å². The molecule has 1 aromatic heterocycles. The molecule has 1 atom stereocenters. The Morgan fingerprint density at radius 1 is 0.857 bits per heavy atom. The minimum absolute atomic E-state index is 0.0632. The van der Waals surface area contributed by atoms with Gasteiger partial charge in [0.15, 0.2) is 0 Å². The predicted molar refractivity (Wildman–Crippen MR) is 145 cm³/mol. The van der Waals surface area contributed by atoms with Crippen LogP contribution in [-0.4, -0.2) is 53.9 Å². The number of furan rings is 1. The lowest BCUT2D eigenvalue weighted by atomic mass is 9.80. The fourth-order valence-corrected chi connectivity index (χ4v) is 4.72. The van der Waals surface area contributed by atoms with Crippen LogP contribution in [0, 0.1) is 0 Å². The average Bonchev–Trinajstić information content (AvgIpc) is 3.50. The minimum Gasteiger partial charge on any atom is -0.461 e. The fraction of sp³-hybridized carbons (Fsp3) is 0.310. The Balaban J connectivity index is 0.000000244. The lowest BCUT2D eigenvalue weighted by Gasteiger charge is -2.19. The molecule has 6 nitrogen and oxygen atoms in total. The van der Waals surface area contributed by atoms with Crippen LogP contribution in [-0.2, 0) is 6.42 Å². The molecule has 0 unspecified atom stereocenters.